The van der Waals surface area contributed by atoms with Crippen LogP contribution in [0.1, 0.15) is 23.7 Å². The van der Waals surface area contributed by atoms with Gasteiger partial charge in [-0.1, -0.05) is 30.3 Å². The highest BCUT2D eigenvalue weighted by atomic mass is 16.5. The van der Waals surface area contributed by atoms with Crippen molar-refractivity contribution in [2.45, 2.75) is 19.4 Å². The second-order valence-electron chi connectivity index (χ2n) is 6.80. The Balaban J connectivity index is 1.38. The summed E-state index contributed by atoms with van der Waals surface area (Å²) in [6.45, 7) is 1.64. The molecule has 1 atom stereocenters. The number of H-pyrrole nitrogens is 1. The van der Waals surface area contributed by atoms with Crippen molar-refractivity contribution in [3.05, 3.63) is 60.3 Å². The van der Waals surface area contributed by atoms with Gasteiger partial charge in [0.1, 0.15) is 5.75 Å². The number of nitrogens with one attached hydrogen (secondary N) is 1. The highest BCUT2D eigenvalue weighted by Crippen LogP contribution is 2.31. The molecule has 1 aliphatic heterocycles. The van der Waals surface area contributed by atoms with E-state index in [2.05, 4.69) is 4.98 Å². The Morgan fingerprint density at radius 3 is 2.79 bits per heavy atom. The molecule has 1 N–H and O–H groups in total. The zero-order valence-corrected chi connectivity index (χ0v) is 15.9. The summed E-state index contributed by atoms with van der Waals surface area (Å²) in [6, 6.07) is 14.6. The fraction of sp³-hybridized carbons (Fsp3) is 0.227. The van der Waals surface area contributed by atoms with E-state index in [4.69, 9.17) is 9.47 Å². The second-order valence-corrected chi connectivity index (χ2v) is 6.80. The first-order chi connectivity index (χ1) is 14.0. The number of rotatable bonds is 6. The van der Waals surface area contributed by atoms with E-state index >= 15 is 0 Å². The molecule has 1 aromatic heterocycles. The highest BCUT2D eigenvalue weighted by Gasteiger charge is 2.27. The molecule has 0 saturated carbocycles. The molecule has 7 nitrogen and oxygen atoms in total. The van der Waals surface area contributed by atoms with Crippen LogP contribution in [0.5, 0.6) is 5.75 Å². The number of ether oxygens (including phenoxy) is 2. The quantitative estimate of drug-likeness (QED) is 0.514. The minimum Gasteiger partial charge on any atom is -0.482 e. The largest absolute Gasteiger partial charge is 0.482 e. The lowest BCUT2D eigenvalue weighted by molar-refractivity contribution is -0.146. The number of anilines is 1. The maximum absolute atomic E-state index is 12.7. The van der Waals surface area contributed by atoms with Crippen molar-refractivity contribution in [2.24, 2.45) is 0 Å². The van der Waals surface area contributed by atoms with Crippen LogP contribution in [0.25, 0.3) is 10.9 Å². The first kappa shape index (κ1) is 18.7. The van der Waals surface area contributed by atoms with Crippen LogP contribution in [0, 0.1) is 0 Å². The Bertz CT molecular complexity index is 1090. The smallest absolute Gasteiger partial charge is 0.308 e. The van der Waals surface area contributed by atoms with E-state index in [9.17, 15) is 14.4 Å². The summed E-state index contributed by atoms with van der Waals surface area (Å²) in [5.74, 6) is -0.436. The summed E-state index contributed by atoms with van der Waals surface area (Å²) < 4.78 is 10.7. The summed E-state index contributed by atoms with van der Waals surface area (Å²) >= 11 is 0. The number of esters is 1. The van der Waals surface area contributed by atoms with Crippen molar-refractivity contribution in [3.63, 3.8) is 0 Å². The van der Waals surface area contributed by atoms with Gasteiger partial charge < -0.3 is 19.4 Å². The van der Waals surface area contributed by atoms with E-state index in [1.165, 1.54) is 4.90 Å². The summed E-state index contributed by atoms with van der Waals surface area (Å²) in [4.78, 5) is 41.7. The maximum atomic E-state index is 12.7. The molecule has 2 aromatic carbocycles. The van der Waals surface area contributed by atoms with Gasteiger partial charge in [0, 0.05) is 29.2 Å². The van der Waals surface area contributed by atoms with Crippen molar-refractivity contribution >= 4 is 34.3 Å². The number of Topliss-reactive ketones (excluding diaryl/α,β-unsaturated/α-hetero) is 1. The Morgan fingerprint density at radius 1 is 1.17 bits per heavy atom. The molecule has 7 heteroatoms. The third kappa shape index (κ3) is 3.71. The van der Waals surface area contributed by atoms with Crippen molar-refractivity contribution in [2.75, 3.05) is 18.1 Å². The fourth-order valence-corrected chi connectivity index (χ4v) is 3.41. The number of aromatic nitrogens is 1. The van der Waals surface area contributed by atoms with Gasteiger partial charge in [-0.15, -0.1) is 0 Å². The van der Waals surface area contributed by atoms with Crippen molar-refractivity contribution in [1.29, 1.82) is 0 Å². The topological polar surface area (TPSA) is 88.7 Å². The average Bonchev–Trinajstić information content (AvgIpc) is 3.16. The third-order valence-electron chi connectivity index (χ3n) is 4.88. The molecule has 1 amide bonds. The Kier molecular flexibility index (Phi) is 5.03. The molecule has 0 radical (unpaired) electrons. The second kappa shape index (κ2) is 7.79. The van der Waals surface area contributed by atoms with Crippen LogP contribution in [0.3, 0.4) is 0 Å². The number of amides is 1. The van der Waals surface area contributed by atoms with Crippen LogP contribution in [-0.4, -0.2) is 41.9 Å². The zero-order chi connectivity index (χ0) is 20.4. The summed E-state index contributed by atoms with van der Waals surface area (Å²) in [7, 11) is 0. The monoisotopic (exact) mass is 392 g/mol. The molecular formula is C22H20N2O5. The van der Waals surface area contributed by atoms with Crippen molar-refractivity contribution in [1.82, 2.24) is 4.98 Å². The fourth-order valence-electron chi connectivity index (χ4n) is 3.41. The third-order valence-corrected chi connectivity index (χ3v) is 4.88. The molecule has 0 spiro atoms. The molecular weight excluding hydrogens is 372 g/mol. The number of fused-ring (bicyclic) bond motifs is 2. The lowest BCUT2D eigenvalue weighted by Crippen LogP contribution is -2.40. The van der Waals surface area contributed by atoms with E-state index in [0.29, 0.717) is 17.0 Å². The van der Waals surface area contributed by atoms with Gasteiger partial charge in [0.05, 0.1) is 12.1 Å². The molecule has 1 aliphatic rings. The molecule has 0 fully saturated rings. The van der Waals surface area contributed by atoms with E-state index < -0.39 is 12.1 Å². The minimum atomic E-state index is -0.922. The lowest BCUT2D eigenvalue weighted by Gasteiger charge is -2.29. The van der Waals surface area contributed by atoms with Crippen LogP contribution < -0.4 is 9.64 Å². The minimum absolute atomic E-state index is 0.0222. The Morgan fingerprint density at radius 2 is 1.93 bits per heavy atom. The summed E-state index contributed by atoms with van der Waals surface area (Å²) in [6.07, 6.45) is 0.682. The van der Waals surface area contributed by atoms with Crippen LogP contribution in [-0.2, 0) is 14.3 Å². The number of benzene rings is 2. The maximum Gasteiger partial charge on any atom is 0.308 e. The highest BCUT2D eigenvalue weighted by molar-refractivity contribution is 6.10. The van der Waals surface area contributed by atoms with Gasteiger partial charge in [0.2, 0.25) is 5.78 Å². The molecule has 1 unspecified atom stereocenters. The average molecular weight is 392 g/mol. The van der Waals surface area contributed by atoms with Gasteiger partial charge in [-0.2, -0.15) is 0 Å². The van der Waals surface area contributed by atoms with Gasteiger partial charge in [-0.05, 0) is 25.1 Å². The molecule has 0 aliphatic carbocycles. The number of hydrogen-bond acceptors (Lipinski definition) is 5. The first-order valence-electron chi connectivity index (χ1n) is 9.36. The van der Waals surface area contributed by atoms with Crippen LogP contribution in [0.4, 0.5) is 5.69 Å². The van der Waals surface area contributed by atoms with E-state index in [0.717, 1.165) is 10.9 Å². The standard InChI is InChI=1S/C22H20N2O5/c1-14(22(27)16-12-23-17-7-3-2-6-15(16)17)29-21(26)10-11-24-18-8-4-5-9-19(18)28-13-20(24)25/h2-9,12,14,23H,10-11,13H2,1H3. The lowest BCUT2D eigenvalue weighted by atomic mass is 10.1. The number of carbonyl (C=O) groups excluding carboxylic acids is 3. The van der Waals surface area contributed by atoms with Crippen molar-refractivity contribution < 1.29 is 23.9 Å². The molecule has 0 saturated heterocycles. The number of aromatic amines is 1. The Labute approximate surface area is 167 Å². The van der Waals surface area contributed by atoms with Gasteiger partial charge in [0.25, 0.3) is 5.91 Å². The molecule has 2 heterocycles. The van der Waals surface area contributed by atoms with E-state index in [1.807, 2.05) is 30.3 Å². The van der Waals surface area contributed by atoms with Crippen LogP contribution >= 0.6 is 0 Å². The van der Waals surface area contributed by atoms with Gasteiger partial charge in [-0.3, -0.25) is 14.4 Å². The molecule has 4 rings (SSSR count). The van der Waals surface area contributed by atoms with Gasteiger partial charge in [0.15, 0.2) is 12.7 Å². The molecule has 29 heavy (non-hydrogen) atoms. The summed E-state index contributed by atoms with van der Waals surface area (Å²) in [5.41, 5.74) is 1.96. The van der Waals surface area contributed by atoms with Gasteiger partial charge in [-0.25, -0.2) is 0 Å². The predicted octanol–water partition coefficient (Wildman–Crippen LogP) is 3.10. The van der Waals surface area contributed by atoms with Crippen LogP contribution in [0.15, 0.2) is 54.7 Å². The number of carbonyl (C=O) groups is 3. The van der Waals surface area contributed by atoms with Crippen LogP contribution in [0.2, 0.25) is 0 Å². The zero-order valence-electron chi connectivity index (χ0n) is 15.9. The molecule has 148 valence electrons. The number of ketones is 1. The molecule has 0 bridgehead atoms. The molecule has 3 aromatic rings. The van der Waals surface area contributed by atoms with E-state index in [1.54, 1.807) is 31.3 Å². The SMILES string of the molecule is CC(OC(=O)CCN1C(=O)COc2ccccc21)C(=O)c1c[nH]c2ccccc12. The number of hydrogen-bond donors (Lipinski definition) is 1. The van der Waals surface area contributed by atoms with Gasteiger partial charge >= 0.3 is 5.97 Å². The number of para-hydroxylation sites is 3. The summed E-state index contributed by atoms with van der Waals surface area (Å²) in [5, 5.41) is 0.788. The Hall–Kier alpha value is -3.61. The normalized spacial score (nSPS) is 14.2. The number of nitrogens with zero attached hydrogens (tertiary/aromatic N) is 1. The van der Waals surface area contributed by atoms with Crippen molar-refractivity contribution in [3.8, 4) is 5.75 Å². The first-order valence-corrected chi connectivity index (χ1v) is 9.36. The van der Waals surface area contributed by atoms with E-state index in [-0.39, 0.29) is 31.3 Å². The predicted molar refractivity (Wildman–Crippen MR) is 107 cm³/mol.